The Bertz CT molecular complexity index is 321. The summed E-state index contributed by atoms with van der Waals surface area (Å²) in [4.78, 5) is 0. The SMILES string of the molecule is Cc1ccc(C)n1CC1CC2CC2C1. The van der Waals surface area contributed by atoms with Crippen molar-refractivity contribution in [2.45, 2.75) is 39.7 Å². The van der Waals surface area contributed by atoms with Gasteiger partial charge in [-0.15, -0.1) is 0 Å². The summed E-state index contributed by atoms with van der Waals surface area (Å²) in [5.74, 6) is 3.22. The highest BCUT2D eigenvalue weighted by Crippen LogP contribution is 2.54. The van der Waals surface area contributed by atoms with Crippen molar-refractivity contribution in [3.05, 3.63) is 23.5 Å². The van der Waals surface area contributed by atoms with Crippen LogP contribution in [0.3, 0.4) is 0 Å². The molecule has 2 saturated carbocycles. The maximum Gasteiger partial charge on any atom is 0.0253 e. The maximum atomic E-state index is 2.50. The van der Waals surface area contributed by atoms with E-state index in [1.54, 1.807) is 6.42 Å². The molecule has 0 aromatic carbocycles. The van der Waals surface area contributed by atoms with E-state index in [-0.39, 0.29) is 0 Å². The van der Waals surface area contributed by atoms with Gasteiger partial charge in [-0.2, -0.15) is 0 Å². The van der Waals surface area contributed by atoms with E-state index < -0.39 is 0 Å². The minimum Gasteiger partial charge on any atom is -0.349 e. The molecule has 1 aromatic heterocycles. The Morgan fingerprint density at radius 1 is 1.07 bits per heavy atom. The summed E-state index contributed by atoms with van der Waals surface area (Å²) in [7, 11) is 0. The number of rotatable bonds is 2. The number of hydrogen-bond donors (Lipinski definition) is 0. The predicted molar refractivity (Wildman–Crippen MR) is 58.2 cm³/mol. The van der Waals surface area contributed by atoms with Gasteiger partial charge in [0, 0.05) is 17.9 Å². The first kappa shape index (κ1) is 8.58. The fraction of sp³-hybridized carbons (Fsp3) is 0.692. The van der Waals surface area contributed by atoms with Crippen LogP contribution in [0.25, 0.3) is 0 Å². The molecule has 0 saturated heterocycles. The molecule has 0 spiro atoms. The molecule has 0 bridgehead atoms. The lowest BCUT2D eigenvalue weighted by Gasteiger charge is -2.16. The monoisotopic (exact) mass is 189 g/mol. The number of hydrogen-bond acceptors (Lipinski definition) is 0. The smallest absolute Gasteiger partial charge is 0.0253 e. The molecule has 0 radical (unpaired) electrons. The molecular weight excluding hydrogens is 170 g/mol. The zero-order valence-corrected chi connectivity index (χ0v) is 9.16. The first-order valence-corrected chi connectivity index (χ1v) is 5.87. The minimum absolute atomic E-state index is 0.976. The summed E-state index contributed by atoms with van der Waals surface area (Å²) in [5.41, 5.74) is 2.87. The average molecular weight is 189 g/mol. The zero-order chi connectivity index (χ0) is 9.71. The Balaban J connectivity index is 1.72. The molecule has 0 aliphatic heterocycles. The summed E-state index contributed by atoms with van der Waals surface area (Å²) in [5, 5.41) is 0. The summed E-state index contributed by atoms with van der Waals surface area (Å²) in [6.07, 6.45) is 4.55. The van der Waals surface area contributed by atoms with Gasteiger partial charge in [0.2, 0.25) is 0 Å². The highest BCUT2D eigenvalue weighted by atomic mass is 15.0. The van der Waals surface area contributed by atoms with Crippen molar-refractivity contribution in [3.63, 3.8) is 0 Å². The van der Waals surface area contributed by atoms with Crippen LogP contribution in [-0.2, 0) is 6.54 Å². The van der Waals surface area contributed by atoms with E-state index in [1.807, 2.05) is 0 Å². The van der Waals surface area contributed by atoms with Crippen LogP contribution in [0.15, 0.2) is 12.1 Å². The Kier molecular flexibility index (Phi) is 1.77. The van der Waals surface area contributed by atoms with Gasteiger partial charge in [0.05, 0.1) is 0 Å². The number of aryl methyl sites for hydroxylation is 2. The molecule has 0 N–H and O–H groups in total. The molecule has 1 nitrogen and oxygen atoms in total. The van der Waals surface area contributed by atoms with E-state index >= 15 is 0 Å². The van der Waals surface area contributed by atoms with Crippen molar-refractivity contribution in [1.29, 1.82) is 0 Å². The Morgan fingerprint density at radius 2 is 1.64 bits per heavy atom. The van der Waals surface area contributed by atoms with Crippen molar-refractivity contribution in [3.8, 4) is 0 Å². The van der Waals surface area contributed by atoms with Crippen molar-refractivity contribution < 1.29 is 0 Å². The second-order valence-electron chi connectivity index (χ2n) is 5.32. The van der Waals surface area contributed by atoms with Crippen LogP contribution in [0.2, 0.25) is 0 Å². The van der Waals surface area contributed by atoms with E-state index in [1.165, 1.54) is 30.8 Å². The lowest BCUT2D eigenvalue weighted by atomic mass is 10.0. The number of aromatic nitrogens is 1. The third-order valence-electron chi connectivity index (χ3n) is 4.20. The maximum absolute atomic E-state index is 2.50. The van der Waals surface area contributed by atoms with Crippen LogP contribution in [-0.4, -0.2) is 4.57 Å². The van der Waals surface area contributed by atoms with Gasteiger partial charge in [0.25, 0.3) is 0 Å². The van der Waals surface area contributed by atoms with Gasteiger partial charge in [-0.05, 0) is 63.0 Å². The molecular formula is C13H19N. The summed E-state index contributed by atoms with van der Waals surface area (Å²) >= 11 is 0. The predicted octanol–water partition coefficient (Wildman–Crippen LogP) is 3.15. The van der Waals surface area contributed by atoms with Crippen LogP contribution in [0.4, 0.5) is 0 Å². The normalized spacial score (nSPS) is 34.6. The quantitative estimate of drug-likeness (QED) is 0.673. The van der Waals surface area contributed by atoms with E-state index in [0.29, 0.717) is 0 Å². The first-order chi connectivity index (χ1) is 6.74. The van der Waals surface area contributed by atoms with Gasteiger partial charge in [-0.3, -0.25) is 0 Å². The molecule has 1 heteroatoms. The molecule has 2 atom stereocenters. The largest absolute Gasteiger partial charge is 0.349 e. The molecule has 14 heavy (non-hydrogen) atoms. The van der Waals surface area contributed by atoms with Crippen molar-refractivity contribution >= 4 is 0 Å². The minimum atomic E-state index is 0.976. The van der Waals surface area contributed by atoms with E-state index in [4.69, 9.17) is 0 Å². The number of nitrogens with zero attached hydrogens (tertiary/aromatic N) is 1. The Morgan fingerprint density at radius 3 is 2.21 bits per heavy atom. The van der Waals surface area contributed by atoms with Gasteiger partial charge >= 0.3 is 0 Å². The first-order valence-electron chi connectivity index (χ1n) is 5.87. The van der Waals surface area contributed by atoms with Gasteiger partial charge in [-0.1, -0.05) is 0 Å². The summed E-state index contributed by atoms with van der Waals surface area (Å²) in [6, 6.07) is 4.48. The third-order valence-corrected chi connectivity index (χ3v) is 4.20. The molecule has 0 amide bonds. The topological polar surface area (TPSA) is 4.93 Å². The van der Waals surface area contributed by atoms with Crippen LogP contribution < -0.4 is 0 Å². The van der Waals surface area contributed by atoms with Gasteiger partial charge in [0.1, 0.15) is 0 Å². The van der Waals surface area contributed by atoms with E-state index in [9.17, 15) is 0 Å². The molecule has 2 aliphatic carbocycles. The van der Waals surface area contributed by atoms with Gasteiger partial charge < -0.3 is 4.57 Å². The second-order valence-corrected chi connectivity index (χ2v) is 5.32. The lowest BCUT2D eigenvalue weighted by Crippen LogP contribution is -2.11. The fourth-order valence-corrected chi connectivity index (χ4v) is 3.23. The highest BCUT2D eigenvalue weighted by molar-refractivity contribution is 5.14. The Hall–Kier alpha value is -0.720. The van der Waals surface area contributed by atoms with Gasteiger partial charge in [-0.25, -0.2) is 0 Å². The average Bonchev–Trinajstić information content (AvgIpc) is 2.66. The molecule has 2 fully saturated rings. The zero-order valence-electron chi connectivity index (χ0n) is 9.16. The standard InChI is InChI=1S/C13H19N/c1-9-3-4-10(2)14(9)8-11-5-12-7-13(12)6-11/h3-4,11-13H,5-8H2,1-2H3. The van der Waals surface area contributed by atoms with E-state index in [2.05, 4.69) is 30.5 Å². The van der Waals surface area contributed by atoms with Crippen molar-refractivity contribution in [2.24, 2.45) is 17.8 Å². The Labute approximate surface area is 86.1 Å². The highest BCUT2D eigenvalue weighted by Gasteiger charge is 2.45. The molecule has 76 valence electrons. The summed E-state index contributed by atoms with van der Waals surface area (Å²) < 4.78 is 2.50. The van der Waals surface area contributed by atoms with Crippen LogP contribution in [0, 0.1) is 31.6 Å². The summed E-state index contributed by atoms with van der Waals surface area (Å²) in [6.45, 7) is 5.73. The second kappa shape index (κ2) is 2.88. The number of fused-ring (bicyclic) bond motifs is 1. The van der Waals surface area contributed by atoms with Crippen LogP contribution in [0.5, 0.6) is 0 Å². The van der Waals surface area contributed by atoms with Crippen molar-refractivity contribution in [1.82, 2.24) is 4.57 Å². The molecule has 1 heterocycles. The molecule has 2 unspecified atom stereocenters. The third kappa shape index (κ3) is 1.30. The van der Waals surface area contributed by atoms with Crippen LogP contribution in [0.1, 0.15) is 30.7 Å². The fourth-order valence-electron chi connectivity index (χ4n) is 3.23. The van der Waals surface area contributed by atoms with E-state index in [0.717, 1.165) is 17.8 Å². The molecule has 2 aliphatic rings. The van der Waals surface area contributed by atoms with Crippen LogP contribution >= 0.6 is 0 Å². The van der Waals surface area contributed by atoms with Crippen molar-refractivity contribution in [2.75, 3.05) is 0 Å². The molecule has 1 aromatic rings. The van der Waals surface area contributed by atoms with Gasteiger partial charge in [0.15, 0.2) is 0 Å². The lowest BCUT2D eigenvalue weighted by molar-refractivity contribution is 0.410. The molecule has 3 rings (SSSR count).